The van der Waals surface area contributed by atoms with Crippen LogP contribution in [0, 0.1) is 22.7 Å². The molecular weight excluding hydrogens is 242 g/mol. The van der Waals surface area contributed by atoms with Gasteiger partial charge < -0.3 is 15.5 Å². The van der Waals surface area contributed by atoms with E-state index in [2.05, 4.69) is 25.7 Å². The van der Waals surface area contributed by atoms with E-state index >= 15 is 0 Å². The molecule has 4 nitrogen and oxygen atoms in total. The molecule has 3 aliphatic rings. The zero-order valence-corrected chi connectivity index (χ0v) is 11.9. The number of aliphatic hydroxyl groups excluding tert-OH is 1. The summed E-state index contributed by atoms with van der Waals surface area (Å²) < 4.78 is 0. The van der Waals surface area contributed by atoms with Gasteiger partial charge in [-0.25, -0.2) is 0 Å². The zero-order valence-electron chi connectivity index (χ0n) is 11.9. The lowest BCUT2D eigenvalue weighted by atomic mass is 9.55. The first-order chi connectivity index (χ1) is 8.59. The summed E-state index contributed by atoms with van der Waals surface area (Å²) in [5.41, 5.74) is -1.31. The third-order valence-corrected chi connectivity index (χ3v) is 5.74. The number of rotatable bonds is 0. The smallest absolute Gasteiger partial charge is 0.249 e. The fourth-order valence-corrected chi connectivity index (χ4v) is 4.92. The number of amides is 1. The Kier molecular flexibility index (Phi) is 2.36. The van der Waals surface area contributed by atoms with Crippen molar-refractivity contribution in [2.45, 2.75) is 51.9 Å². The Morgan fingerprint density at radius 3 is 2.58 bits per heavy atom. The summed E-state index contributed by atoms with van der Waals surface area (Å²) in [5, 5.41) is 24.0. The highest BCUT2D eigenvalue weighted by atomic mass is 16.3. The molecule has 1 aliphatic heterocycles. The van der Waals surface area contributed by atoms with Crippen molar-refractivity contribution >= 4 is 5.91 Å². The molecule has 106 valence electrons. The molecular formula is C15H23NO3. The normalized spacial score (nSPS) is 51.7. The minimum absolute atomic E-state index is 0.0151. The Bertz CT molecular complexity index is 472. The summed E-state index contributed by atoms with van der Waals surface area (Å²) in [7, 11) is 0. The van der Waals surface area contributed by atoms with Crippen molar-refractivity contribution in [2.24, 2.45) is 22.7 Å². The maximum absolute atomic E-state index is 12.0. The number of nitrogens with one attached hydrogen (secondary N) is 1. The molecule has 3 fully saturated rings. The monoisotopic (exact) mass is 265 g/mol. The molecule has 2 bridgehead atoms. The van der Waals surface area contributed by atoms with Crippen LogP contribution in [-0.4, -0.2) is 27.9 Å². The molecule has 1 amide bonds. The molecule has 0 spiro atoms. The standard InChI is InChI=1S/C15H23NO3/c1-8-12(18)16-15(19)6-9-5-13(2,3)11(17)10(9)14(8,4)7-15/h9-11,17,19H,1,5-7H2,2-4H3,(H,16,18)/t9-,10+,11-,14+,15+/m0/s1. The van der Waals surface area contributed by atoms with Crippen molar-refractivity contribution in [3.8, 4) is 0 Å². The first kappa shape index (κ1) is 13.1. The van der Waals surface area contributed by atoms with E-state index in [1.165, 1.54) is 0 Å². The average molecular weight is 265 g/mol. The van der Waals surface area contributed by atoms with E-state index < -0.39 is 17.2 Å². The fraction of sp³-hybridized carbons (Fsp3) is 0.800. The molecule has 0 unspecified atom stereocenters. The Hall–Kier alpha value is -0.870. The van der Waals surface area contributed by atoms with Gasteiger partial charge in [0.05, 0.1) is 6.10 Å². The highest BCUT2D eigenvalue weighted by molar-refractivity contribution is 5.95. The van der Waals surface area contributed by atoms with Gasteiger partial charge in [0.2, 0.25) is 5.91 Å². The molecule has 3 N–H and O–H groups in total. The molecule has 2 aliphatic carbocycles. The first-order valence-corrected chi connectivity index (χ1v) is 7.01. The number of aliphatic hydroxyl groups is 2. The van der Waals surface area contributed by atoms with Crippen molar-refractivity contribution in [1.82, 2.24) is 5.32 Å². The van der Waals surface area contributed by atoms with Crippen LogP contribution in [0.15, 0.2) is 12.2 Å². The number of carbonyl (C=O) groups is 1. The van der Waals surface area contributed by atoms with Crippen molar-refractivity contribution in [2.75, 3.05) is 0 Å². The summed E-state index contributed by atoms with van der Waals surface area (Å²) in [6, 6.07) is 0. The molecule has 1 saturated heterocycles. The van der Waals surface area contributed by atoms with Gasteiger partial charge >= 0.3 is 0 Å². The quantitative estimate of drug-likeness (QED) is 0.576. The molecule has 5 atom stereocenters. The van der Waals surface area contributed by atoms with Crippen LogP contribution in [0.5, 0.6) is 0 Å². The second kappa shape index (κ2) is 3.41. The van der Waals surface area contributed by atoms with E-state index in [4.69, 9.17) is 0 Å². The Morgan fingerprint density at radius 1 is 1.32 bits per heavy atom. The van der Waals surface area contributed by atoms with Crippen LogP contribution >= 0.6 is 0 Å². The minimum atomic E-state index is -1.13. The lowest BCUT2D eigenvalue weighted by Crippen LogP contribution is -2.65. The Morgan fingerprint density at radius 2 is 1.95 bits per heavy atom. The maximum Gasteiger partial charge on any atom is 0.249 e. The second-order valence-electron chi connectivity index (χ2n) is 7.69. The van der Waals surface area contributed by atoms with Gasteiger partial charge in [-0.2, -0.15) is 0 Å². The van der Waals surface area contributed by atoms with Gasteiger partial charge in [0.25, 0.3) is 0 Å². The predicted octanol–water partition coefficient (Wildman–Crippen LogP) is 1.18. The number of fused-ring (bicyclic) bond motifs is 4. The number of piperidine rings is 1. The number of carbonyl (C=O) groups excluding carboxylic acids is 1. The Balaban J connectivity index is 2.09. The lowest BCUT2D eigenvalue weighted by molar-refractivity contribution is -0.158. The summed E-state index contributed by atoms with van der Waals surface area (Å²) in [6.07, 6.45) is 1.42. The highest BCUT2D eigenvalue weighted by Crippen LogP contribution is 2.62. The van der Waals surface area contributed by atoms with Crippen molar-refractivity contribution in [3.05, 3.63) is 12.2 Å². The van der Waals surface area contributed by atoms with Gasteiger partial charge in [0.1, 0.15) is 5.72 Å². The third kappa shape index (κ3) is 1.56. The van der Waals surface area contributed by atoms with Crippen LogP contribution in [0.25, 0.3) is 0 Å². The molecule has 19 heavy (non-hydrogen) atoms. The average Bonchev–Trinajstić information content (AvgIpc) is 2.45. The van der Waals surface area contributed by atoms with E-state index in [-0.39, 0.29) is 23.2 Å². The van der Waals surface area contributed by atoms with Crippen molar-refractivity contribution in [1.29, 1.82) is 0 Å². The SMILES string of the molecule is C=C1C(=O)N[C@@]2(O)C[C@@H]3CC(C)(C)[C@@H](O)[C@@H]3[C@]1(C)C2. The van der Waals surface area contributed by atoms with Gasteiger partial charge in [0.15, 0.2) is 0 Å². The van der Waals surface area contributed by atoms with Crippen molar-refractivity contribution < 1.29 is 15.0 Å². The van der Waals surface area contributed by atoms with Crippen LogP contribution in [0.3, 0.4) is 0 Å². The summed E-state index contributed by atoms with van der Waals surface area (Å²) in [6.45, 7) is 10.0. The molecule has 0 aromatic rings. The van der Waals surface area contributed by atoms with Crippen LogP contribution in [0.1, 0.15) is 40.0 Å². The topological polar surface area (TPSA) is 69.6 Å². The first-order valence-electron chi connectivity index (χ1n) is 7.01. The van der Waals surface area contributed by atoms with Gasteiger partial charge in [-0.05, 0) is 30.1 Å². The lowest BCUT2D eigenvalue weighted by Gasteiger charge is -2.55. The molecule has 2 saturated carbocycles. The molecule has 0 aromatic carbocycles. The zero-order chi connectivity index (χ0) is 14.2. The van der Waals surface area contributed by atoms with Gasteiger partial charge in [-0.15, -0.1) is 0 Å². The summed E-state index contributed by atoms with van der Waals surface area (Å²) in [4.78, 5) is 12.0. The third-order valence-electron chi connectivity index (χ3n) is 5.74. The van der Waals surface area contributed by atoms with Gasteiger partial charge in [-0.1, -0.05) is 27.4 Å². The molecule has 3 rings (SSSR count). The largest absolute Gasteiger partial charge is 0.392 e. The molecule has 1 heterocycles. The highest BCUT2D eigenvalue weighted by Gasteiger charge is 2.64. The molecule has 4 heteroatoms. The molecule has 0 aromatic heterocycles. The Labute approximate surface area is 113 Å². The van der Waals surface area contributed by atoms with Crippen LogP contribution < -0.4 is 5.32 Å². The summed E-state index contributed by atoms with van der Waals surface area (Å²) in [5.74, 6) is -0.0287. The van der Waals surface area contributed by atoms with Crippen LogP contribution in [0.4, 0.5) is 0 Å². The summed E-state index contributed by atoms with van der Waals surface area (Å²) >= 11 is 0. The molecule has 0 radical (unpaired) electrons. The maximum atomic E-state index is 12.0. The van der Waals surface area contributed by atoms with E-state index in [1.54, 1.807) is 0 Å². The minimum Gasteiger partial charge on any atom is -0.392 e. The second-order valence-corrected chi connectivity index (χ2v) is 7.69. The van der Waals surface area contributed by atoms with E-state index in [0.717, 1.165) is 6.42 Å². The van der Waals surface area contributed by atoms with E-state index in [0.29, 0.717) is 18.4 Å². The van der Waals surface area contributed by atoms with Gasteiger partial charge in [-0.3, -0.25) is 4.79 Å². The van der Waals surface area contributed by atoms with E-state index in [9.17, 15) is 15.0 Å². The predicted molar refractivity (Wildman–Crippen MR) is 71.0 cm³/mol. The van der Waals surface area contributed by atoms with E-state index in [1.807, 2.05) is 6.92 Å². The number of hydrogen-bond acceptors (Lipinski definition) is 3. The van der Waals surface area contributed by atoms with Crippen LogP contribution in [0.2, 0.25) is 0 Å². The van der Waals surface area contributed by atoms with Crippen LogP contribution in [-0.2, 0) is 4.79 Å². The van der Waals surface area contributed by atoms with Crippen molar-refractivity contribution in [3.63, 3.8) is 0 Å². The fourth-order valence-electron chi connectivity index (χ4n) is 4.92. The number of hydrogen-bond donors (Lipinski definition) is 3. The van der Waals surface area contributed by atoms with Gasteiger partial charge in [0, 0.05) is 17.4 Å².